The van der Waals surface area contributed by atoms with Gasteiger partial charge in [0.2, 0.25) is 0 Å². The third kappa shape index (κ3) is 5.32. The van der Waals surface area contributed by atoms with Crippen LogP contribution in [0.3, 0.4) is 0 Å². The lowest BCUT2D eigenvalue weighted by molar-refractivity contribution is -0.384. The molecular weight excluding hydrogens is 296 g/mol. The molecule has 0 N–H and O–H groups in total. The summed E-state index contributed by atoms with van der Waals surface area (Å²) >= 11 is 0. The normalized spacial score (nSPS) is 9.87. The van der Waals surface area contributed by atoms with E-state index in [1.54, 1.807) is 36.4 Å². The number of non-ortho nitro benzene ring substituents is 1. The monoisotopic (exact) mass is 312 g/mol. The molecule has 0 amide bonds. The first kappa shape index (κ1) is 16.3. The molecule has 0 aliphatic rings. The van der Waals surface area contributed by atoms with Crippen molar-refractivity contribution >= 4 is 5.69 Å². The zero-order valence-electron chi connectivity index (χ0n) is 12.5. The van der Waals surface area contributed by atoms with E-state index in [-0.39, 0.29) is 5.69 Å². The van der Waals surface area contributed by atoms with Gasteiger partial charge in [0, 0.05) is 6.07 Å². The van der Waals surface area contributed by atoms with Gasteiger partial charge in [-0.25, -0.2) is 0 Å². The van der Waals surface area contributed by atoms with Gasteiger partial charge in [0.1, 0.15) is 11.5 Å². The molecule has 0 heterocycles. The molecule has 0 saturated carbocycles. The van der Waals surface area contributed by atoms with Crippen LogP contribution >= 0.6 is 0 Å². The molecule has 0 aromatic heterocycles. The number of nitrogens with zero attached hydrogens (tertiary/aromatic N) is 2. The van der Waals surface area contributed by atoms with Crippen molar-refractivity contribution in [3.8, 4) is 17.6 Å². The summed E-state index contributed by atoms with van der Waals surface area (Å²) in [6.45, 7) is 0.982. The molecule has 2 aromatic carbocycles. The molecule has 0 aliphatic heterocycles. The van der Waals surface area contributed by atoms with Crippen LogP contribution < -0.4 is 9.47 Å². The maximum absolute atomic E-state index is 10.7. The average molecular weight is 312 g/mol. The lowest BCUT2D eigenvalue weighted by Gasteiger charge is -2.08. The predicted molar refractivity (Wildman–Crippen MR) is 84.5 cm³/mol. The fraction of sp³-hybridized carbons (Fsp3) is 0.235. The van der Waals surface area contributed by atoms with Crippen LogP contribution in [0.2, 0.25) is 0 Å². The van der Waals surface area contributed by atoms with E-state index in [0.29, 0.717) is 30.3 Å². The van der Waals surface area contributed by atoms with Crippen LogP contribution in [-0.2, 0) is 0 Å². The first-order valence-electron chi connectivity index (χ1n) is 7.19. The molecule has 0 saturated heterocycles. The summed E-state index contributed by atoms with van der Waals surface area (Å²) in [5.41, 5.74) is 0.583. The lowest BCUT2D eigenvalue weighted by Crippen LogP contribution is -2.02. The quantitative estimate of drug-likeness (QED) is 0.421. The maximum Gasteiger partial charge on any atom is 0.273 e. The van der Waals surface area contributed by atoms with Gasteiger partial charge >= 0.3 is 0 Å². The Hall–Kier alpha value is -3.07. The molecule has 118 valence electrons. The van der Waals surface area contributed by atoms with Gasteiger partial charge in [-0.1, -0.05) is 12.1 Å². The van der Waals surface area contributed by atoms with Crippen molar-refractivity contribution in [3.05, 3.63) is 64.2 Å². The van der Waals surface area contributed by atoms with Gasteiger partial charge in [-0.05, 0) is 37.1 Å². The van der Waals surface area contributed by atoms with Gasteiger partial charge in [-0.2, -0.15) is 5.26 Å². The van der Waals surface area contributed by atoms with E-state index in [0.717, 1.165) is 12.8 Å². The van der Waals surface area contributed by atoms with Crippen molar-refractivity contribution in [1.29, 1.82) is 5.26 Å². The summed E-state index contributed by atoms with van der Waals surface area (Å²) < 4.78 is 11.0. The van der Waals surface area contributed by atoms with Crippen molar-refractivity contribution in [2.75, 3.05) is 13.2 Å². The van der Waals surface area contributed by atoms with Crippen LogP contribution in [0.1, 0.15) is 18.4 Å². The Kier molecular flexibility index (Phi) is 5.95. The number of ether oxygens (including phenoxy) is 2. The number of benzene rings is 2. The topological polar surface area (TPSA) is 85.4 Å². The highest BCUT2D eigenvalue weighted by Gasteiger charge is 2.05. The first-order chi connectivity index (χ1) is 11.2. The number of hydrogen-bond acceptors (Lipinski definition) is 5. The van der Waals surface area contributed by atoms with Crippen LogP contribution in [0.25, 0.3) is 0 Å². The summed E-state index contributed by atoms with van der Waals surface area (Å²) in [6, 6.07) is 15.2. The Morgan fingerprint density at radius 2 is 1.61 bits per heavy atom. The second-order valence-electron chi connectivity index (χ2n) is 4.80. The number of hydrogen-bond donors (Lipinski definition) is 0. The molecule has 0 bridgehead atoms. The Labute approximate surface area is 134 Å². The smallest absolute Gasteiger partial charge is 0.273 e. The summed E-state index contributed by atoms with van der Waals surface area (Å²) in [5, 5.41) is 19.5. The van der Waals surface area contributed by atoms with Crippen LogP contribution in [-0.4, -0.2) is 18.1 Å². The molecule has 0 spiro atoms. The van der Waals surface area contributed by atoms with Crippen LogP contribution in [0, 0.1) is 21.4 Å². The maximum atomic E-state index is 10.7. The lowest BCUT2D eigenvalue weighted by atomic mass is 10.2. The molecule has 0 aliphatic carbocycles. The summed E-state index contributed by atoms with van der Waals surface area (Å²) in [6.07, 6.45) is 1.55. The van der Waals surface area contributed by atoms with Crippen molar-refractivity contribution in [3.63, 3.8) is 0 Å². The number of rotatable bonds is 8. The third-order valence-electron chi connectivity index (χ3n) is 3.07. The minimum atomic E-state index is -0.448. The predicted octanol–water partition coefficient (Wildman–Crippen LogP) is 3.70. The molecule has 2 rings (SSSR count). The number of unbranched alkanes of at least 4 members (excludes halogenated alkanes) is 1. The molecule has 0 fully saturated rings. The van der Waals surface area contributed by atoms with E-state index in [2.05, 4.69) is 6.07 Å². The molecule has 6 heteroatoms. The minimum Gasteiger partial charge on any atom is -0.494 e. The second kappa shape index (κ2) is 8.39. The zero-order chi connectivity index (χ0) is 16.5. The Morgan fingerprint density at radius 3 is 2.22 bits per heavy atom. The molecule has 2 aromatic rings. The van der Waals surface area contributed by atoms with E-state index >= 15 is 0 Å². The van der Waals surface area contributed by atoms with E-state index in [4.69, 9.17) is 14.7 Å². The Balaban J connectivity index is 1.67. The highest BCUT2D eigenvalue weighted by atomic mass is 16.6. The minimum absolute atomic E-state index is 0.0169. The SMILES string of the molecule is N#Cc1cccc(OCCCCOc2cccc([N+](=O)[O-])c2)c1. The standard InChI is InChI=1S/C17H16N2O4/c18-13-14-5-3-7-16(11-14)22-9-1-2-10-23-17-8-4-6-15(12-17)19(20)21/h3-8,11-12H,1-2,9-10H2. The summed E-state index contributed by atoms with van der Waals surface area (Å²) in [4.78, 5) is 10.2. The largest absolute Gasteiger partial charge is 0.494 e. The van der Waals surface area contributed by atoms with Crippen molar-refractivity contribution < 1.29 is 14.4 Å². The van der Waals surface area contributed by atoms with Gasteiger partial charge in [-0.3, -0.25) is 10.1 Å². The highest BCUT2D eigenvalue weighted by Crippen LogP contribution is 2.19. The molecule has 0 unspecified atom stereocenters. The zero-order valence-corrected chi connectivity index (χ0v) is 12.5. The molecular formula is C17H16N2O4. The number of nitro groups is 1. The fourth-order valence-corrected chi connectivity index (χ4v) is 1.93. The van der Waals surface area contributed by atoms with E-state index in [1.807, 2.05) is 0 Å². The first-order valence-corrected chi connectivity index (χ1v) is 7.19. The second-order valence-corrected chi connectivity index (χ2v) is 4.80. The summed E-state index contributed by atoms with van der Waals surface area (Å²) in [5.74, 6) is 1.16. The van der Waals surface area contributed by atoms with Crippen molar-refractivity contribution in [1.82, 2.24) is 0 Å². The summed E-state index contributed by atoms with van der Waals surface area (Å²) in [7, 11) is 0. The number of nitriles is 1. The highest BCUT2D eigenvalue weighted by molar-refractivity contribution is 5.38. The molecule has 6 nitrogen and oxygen atoms in total. The Morgan fingerprint density at radius 1 is 1.00 bits per heavy atom. The van der Waals surface area contributed by atoms with Gasteiger partial charge in [0.15, 0.2) is 0 Å². The van der Waals surface area contributed by atoms with Crippen LogP contribution in [0.5, 0.6) is 11.5 Å². The van der Waals surface area contributed by atoms with Gasteiger partial charge in [-0.15, -0.1) is 0 Å². The van der Waals surface area contributed by atoms with Gasteiger partial charge < -0.3 is 9.47 Å². The molecule has 0 atom stereocenters. The van der Waals surface area contributed by atoms with E-state index < -0.39 is 4.92 Å². The fourth-order valence-electron chi connectivity index (χ4n) is 1.93. The third-order valence-corrected chi connectivity index (χ3v) is 3.07. The molecule has 0 radical (unpaired) electrons. The van der Waals surface area contributed by atoms with Crippen LogP contribution in [0.4, 0.5) is 5.69 Å². The van der Waals surface area contributed by atoms with Crippen LogP contribution in [0.15, 0.2) is 48.5 Å². The van der Waals surface area contributed by atoms with Gasteiger partial charge in [0.05, 0.1) is 35.8 Å². The average Bonchev–Trinajstić information content (AvgIpc) is 2.58. The van der Waals surface area contributed by atoms with Crippen molar-refractivity contribution in [2.45, 2.75) is 12.8 Å². The van der Waals surface area contributed by atoms with E-state index in [1.165, 1.54) is 12.1 Å². The molecule has 23 heavy (non-hydrogen) atoms. The van der Waals surface area contributed by atoms with Crippen molar-refractivity contribution in [2.24, 2.45) is 0 Å². The number of nitro benzene ring substituents is 1. The van der Waals surface area contributed by atoms with E-state index in [9.17, 15) is 10.1 Å². The Bertz CT molecular complexity index is 710. The van der Waals surface area contributed by atoms with Gasteiger partial charge in [0.25, 0.3) is 5.69 Å².